The van der Waals surface area contributed by atoms with Crippen molar-refractivity contribution in [3.8, 4) is 0 Å². The number of rotatable bonds is 4. The lowest BCUT2D eigenvalue weighted by molar-refractivity contribution is -0.149. The molecule has 1 unspecified atom stereocenters. The molecule has 0 saturated carbocycles. The van der Waals surface area contributed by atoms with E-state index in [1.54, 1.807) is 17.0 Å². The molecule has 2 amide bonds. The van der Waals surface area contributed by atoms with Crippen LogP contribution in [-0.2, 0) is 9.59 Å². The molecule has 21 heavy (non-hydrogen) atoms. The molecule has 1 aromatic rings. The SMILES string of the molecule is CC(C(=O)O)N(C)C(=O)[C@@H]1CCCN1C(=O)c1cccs1. The molecule has 2 heterocycles. The van der Waals surface area contributed by atoms with E-state index in [1.165, 1.54) is 30.2 Å². The fraction of sp³-hybridized carbons (Fsp3) is 0.500. The molecule has 2 atom stereocenters. The van der Waals surface area contributed by atoms with E-state index in [-0.39, 0.29) is 11.8 Å². The molecular weight excluding hydrogens is 292 g/mol. The molecule has 1 saturated heterocycles. The van der Waals surface area contributed by atoms with Crippen LogP contribution >= 0.6 is 11.3 Å². The van der Waals surface area contributed by atoms with Gasteiger partial charge in [0, 0.05) is 13.6 Å². The normalized spacial score (nSPS) is 19.3. The average molecular weight is 310 g/mol. The molecule has 2 rings (SSSR count). The van der Waals surface area contributed by atoms with Crippen LogP contribution in [0.15, 0.2) is 17.5 Å². The van der Waals surface area contributed by atoms with E-state index in [0.29, 0.717) is 17.8 Å². The number of thiophene rings is 1. The highest BCUT2D eigenvalue weighted by Gasteiger charge is 2.38. The Kier molecular flexibility index (Phi) is 4.62. The van der Waals surface area contributed by atoms with Gasteiger partial charge in [0.1, 0.15) is 12.1 Å². The summed E-state index contributed by atoms with van der Waals surface area (Å²) in [5, 5.41) is 10.8. The molecule has 1 N–H and O–H groups in total. The summed E-state index contributed by atoms with van der Waals surface area (Å²) in [4.78, 5) is 39.2. The summed E-state index contributed by atoms with van der Waals surface area (Å²) in [5.74, 6) is -1.52. The molecule has 0 spiro atoms. The van der Waals surface area contributed by atoms with E-state index in [0.717, 1.165) is 6.42 Å². The number of carboxylic acids is 1. The summed E-state index contributed by atoms with van der Waals surface area (Å²) in [6.07, 6.45) is 1.33. The van der Waals surface area contributed by atoms with E-state index >= 15 is 0 Å². The predicted molar refractivity (Wildman–Crippen MR) is 78.2 cm³/mol. The van der Waals surface area contributed by atoms with Crippen LogP contribution in [0, 0.1) is 0 Å². The zero-order valence-electron chi connectivity index (χ0n) is 12.0. The Labute approximate surface area is 127 Å². The molecular formula is C14H18N2O4S. The van der Waals surface area contributed by atoms with Crippen molar-refractivity contribution in [2.75, 3.05) is 13.6 Å². The predicted octanol–water partition coefficient (Wildman–Crippen LogP) is 1.28. The molecule has 7 heteroatoms. The van der Waals surface area contributed by atoms with Gasteiger partial charge in [-0.05, 0) is 31.2 Å². The van der Waals surface area contributed by atoms with Gasteiger partial charge in [0.2, 0.25) is 5.91 Å². The molecule has 0 radical (unpaired) electrons. The van der Waals surface area contributed by atoms with Gasteiger partial charge in [-0.2, -0.15) is 0 Å². The fourth-order valence-electron chi connectivity index (χ4n) is 2.40. The monoisotopic (exact) mass is 310 g/mol. The van der Waals surface area contributed by atoms with Gasteiger partial charge in [-0.1, -0.05) is 6.07 Å². The van der Waals surface area contributed by atoms with Crippen molar-refractivity contribution in [2.45, 2.75) is 31.8 Å². The third-order valence-corrected chi connectivity index (χ3v) is 4.67. The molecule has 1 aliphatic rings. The van der Waals surface area contributed by atoms with E-state index in [2.05, 4.69) is 0 Å². The van der Waals surface area contributed by atoms with Crippen LogP contribution in [0.2, 0.25) is 0 Å². The first-order valence-corrected chi connectivity index (χ1v) is 7.65. The lowest BCUT2D eigenvalue weighted by atomic mass is 10.1. The molecule has 0 bridgehead atoms. The summed E-state index contributed by atoms with van der Waals surface area (Å²) in [6, 6.07) is 2.06. The van der Waals surface area contributed by atoms with Gasteiger partial charge in [-0.3, -0.25) is 9.59 Å². The van der Waals surface area contributed by atoms with Crippen molar-refractivity contribution in [1.29, 1.82) is 0 Å². The fourth-order valence-corrected chi connectivity index (χ4v) is 3.08. The highest BCUT2D eigenvalue weighted by molar-refractivity contribution is 7.12. The number of aliphatic carboxylic acids is 1. The van der Waals surface area contributed by atoms with E-state index < -0.39 is 18.1 Å². The molecule has 0 aliphatic carbocycles. The van der Waals surface area contributed by atoms with Gasteiger partial charge in [0.25, 0.3) is 5.91 Å². The highest BCUT2D eigenvalue weighted by Crippen LogP contribution is 2.23. The molecule has 6 nitrogen and oxygen atoms in total. The summed E-state index contributed by atoms with van der Waals surface area (Å²) < 4.78 is 0. The second-order valence-electron chi connectivity index (χ2n) is 5.10. The van der Waals surface area contributed by atoms with Gasteiger partial charge >= 0.3 is 5.97 Å². The van der Waals surface area contributed by atoms with Crippen molar-refractivity contribution in [3.05, 3.63) is 22.4 Å². The van der Waals surface area contributed by atoms with Crippen molar-refractivity contribution in [1.82, 2.24) is 9.80 Å². The Morgan fingerprint density at radius 3 is 2.76 bits per heavy atom. The Hall–Kier alpha value is -1.89. The second-order valence-corrected chi connectivity index (χ2v) is 6.04. The van der Waals surface area contributed by atoms with E-state index in [4.69, 9.17) is 5.11 Å². The van der Waals surface area contributed by atoms with Gasteiger partial charge in [0.05, 0.1) is 4.88 Å². The largest absolute Gasteiger partial charge is 0.480 e. The number of carbonyl (C=O) groups is 3. The highest BCUT2D eigenvalue weighted by atomic mass is 32.1. The van der Waals surface area contributed by atoms with Crippen LogP contribution in [0.1, 0.15) is 29.4 Å². The number of carboxylic acid groups (broad SMARTS) is 1. The number of nitrogens with zero attached hydrogens (tertiary/aromatic N) is 2. The summed E-state index contributed by atoms with van der Waals surface area (Å²) >= 11 is 1.34. The average Bonchev–Trinajstić information content (AvgIpc) is 3.14. The van der Waals surface area contributed by atoms with Crippen molar-refractivity contribution in [2.24, 2.45) is 0 Å². The first-order chi connectivity index (χ1) is 9.93. The van der Waals surface area contributed by atoms with E-state index in [9.17, 15) is 14.4 Å². The van der Waals surface area contributed by atoms with Crippen LogP contribution in [0.3, 0.4) is 0 Å². The topological polar surface area (TPSA) is 77.9 Å². The third-order valence-electron chi connectivity index (χ3n) is 3.82. The minimum Gasteiger partial charge on any atom is -0.480 e. The maximum absolute atomic E-state index is 12.4. The van der Waals surface area contributed by atoms with Gasteiger partial charge in [0.15, 0.2) is 0 Å². The number of carbonyl (C=O) groups excluding carboxylic acids is 2. The smallest absolute Gasteiger partial charge is 0.326 e. The number of amides is 2. The van der Waals surface area contributed by atoms with Crippen molar-refractivity contribution >= 4 is 29.1 Å². The van der Waals surface area contributed by atoms with Crippen molar-refractivity contribution < 1.29 is 19.5 Å². The Bertz CT molecular complexity index is 543. The first-order valence-electron chi connectivity index (χ1n) is 6.77. The third kappa shape index (κ3) is 3.07. The second kappa shape index (κ2) is 6.26. The minimum absolute atomic E-state index is 0.155. The standard InChI is InChI=1S/C14H18N2O4S/c1-9(14(19)20)15(2)12(17)10-5-3-7-16(10)13(18)11-6-4-8-21-11/h4,6,8-10H,3,5,7H2,1-2H3,(H,19,20)/t9?,10-/m0/s1. The van der Waals surface area contributed by atoms with Crippen molar-refractivity contribution in [3.63, 3.8) is 0 Å². The summed E-state index contributed by atoms with van der Waals surface area (Å²) in [5.41, 5.74) is 0. The number of hydrogen-bond donors (Lipinski definition) is 1. The molecule has 114 valence electrons. The zero-order valence-corrected chi connectivity index (χ0v) is 12.8. The zero-order chi connectivity index (χ0) is 15.6. The Morgan fingerprint density at radius 1 is 1.48 bits per heavy atom. The summed E-state index contributed by atoms with van der Waals surface area (Å²) in [7, 11) is 1.47. The first kappa shape index (κ1) is 15.5. The minimum atomic E-state index is -1.06. The van der Waals surface area contributed by atoms with Crippen LogP contribution in [0.4, 0.5) is 0 Å². The lowest BCUT2D eigenvalue weighted by Crippen LogP contribution is -2.50. The molecule has 1 aliphatic heterocycles. The van der Waals surface area contributed by atoms with E-state index in [1.807, 2.05) is 5.38 Å². The Morgan fingerprint density at radius 2 is 2.19 bits per heavy atom. The maximum Gasteiger partial charge on any atom is 0.326 e. The summed E-state index contributed by atoms with van der Waals surface area (Å²) in [6.45, 7) is 1.99. The maximum atomic E-state index is 12.4. The van der Waals surface area contributed by atoms with Gasteiger partial charge in [-0.25, -0.2) is 4.79 Å². The number of likely N-dealkylation sites (N-methyl/N-ethyl adjacent to an activating group) is 1. The quantitative estimate of drug-likeness (QED) is 0.909. The van der Waals surface area contributed by atoms with Crippen LogP contribution in [-0.4, -0.2) is 58.4 Å². The van der Waals surface area contributed by atoms with Crippen LogP contribution in [0.25, 0.3) is 0 Å². The Balaban J connectivity index is 2.13. The van der Waals surface area contributed by atoms with Gasteiger partial charge < -0.3 is 14.9 Å². The van der Waals surface area contributed by atoms with Crippen LogP contribution in [0.5, 0.6) is 0 Å². The number of hydrogen-bond acceptors (Lipinski definition) is 4. The van der Waals surface area contributed by atoms with Gasteiger partial charge in [-0.15, -0.1) is 11.3 Å². The molecule has 1 fully saturated rings. The number of likely N-dealkylation sites (tertiary alicyclic amines) is 1. The van der Waals surface area contributed by atoms with Crippen LogP contribution < -0.4 is 0 Å². The lowest BCUT2D eigenvalue weighted by Gasteiger charge is -2.29. The molecule has 0 aromatic carbocycles. The molecule has 1 aromatic heterocycles.